The molecule has 4 aromatic rings. The molecule has 7 nitrogen and oxygen atoms in total. The van der Waals surface area contributed by atoms with Crippen LogP contribution in [0.5, 0.6) is 0 Å². The maximum Gasteiger partial charge on any atom is 0.264 e. The Labute approximate surface area is 271 Å². The van der Waals surface area contributed by atoms with E-state index in [-0.39, 0.29) is 29.5 Å². The molecule has 2 amide bonds. The van der Waals surface area contributed by atoms with Gasteiger partial charge in [-0.3, -0.25) is 13.9 Å². The van der Waals surface area contributed by atoms with E-state index in [1.165, 1.54) is 17.0 Å². The molecule has 0 unspecified atom stereocenters. The highest BCUT2D eigenvalue weighted by Gasteiger charge is 2.34. The van der Waals surface area contributed by atoms with Crippen LogP contribution in [-0.2, 0) is 32.6 Å². The minimum absolute atomic E-state index is 0.0547. The highest BCUT2D eigenvalue weighted by Crippen LogP contribution is 2.26. The fourth-order valence-corrected chi connectivity index (χ4v) is 6.46. The van der Waals surface area contributed by atoms with Gasteiger partial charge in [0, 0.05) is 24.5 Å². The molecular formula is C36H40ClN3O4S. The highest BCUT2D eigenvalue weighted by molar-refractivity contribution is 7.92. The molecule has 0 heterocycles. The molecule has 236 valence electrons. The van der Waals surface area contributed by atoms with Crippen LogP contribution in [0.1, 0.15) is 42.0 Å². The molecule has 4 aromatic carbocycles. The van der Waals surface area contributed by atoms with Crippen LogP contribution in [0.2, 0.25) is 5.02 Å². The maximum atomic E-state index is 14.5. The Bertz CT molecular complexity index is 1660. The molecule has 0 fully saturated rings. The lowest BCUT2D eigenvalue weighted by Gasteiger charge is -2.34. The first-order valence-electron chi connectivity index (χ1n) is 15.1. The van der Waals surface area contributed by atoms with Crippen LogP contribution in [0.3, 0.4) is 0 Å². The minimum atomic E-state index is -4.17. The Kier molecular flexibility index (Phi) is 11.8. The molecule has 0 aromatic heterocycles. The number of anilines is 1. The maximum absolute atomic E-state index is 14.5. The van der Waals surface area contributed by atoms with Crippen molar-refractivity contribution < 1.29 is 18.0 Å². The first-order chi connectivity index (χ1) is 21.6. The first-order valence-corrected chi connectivity index (χ1v) is 16.9. The standard InChI is InChI=1S/C36H40ClN3O4S/c1-4-5-23-38-36(42)34(24-29-9-7-6-8-10-29)39(25-30-15-11-27(2)12-16-30)35(41)26-40(32-19-17-31(37)18-20-32)45(43,44)33-21-13-28(3)14-22-33/h6-22,34H,4-5,23-26H2,1-3H3,(H,38,42)/t34-/m1/s1. The molecule has 0 aliphatic rings. The van der Waals surface area contributed by atoms with E-state index in [9.17, 15) is 18.0 Å². The Balaban J connectivity index is 1.78. The Morgan fingerprint density at radius 1 is 0.800 bits per heavy atom. The molecule has 1 atom stereocenters. The van der Waals surface area contributed by atoms with Crippen molar-refractivity contribution in [2.45, 2.75) is 57.5 Å². The van der Waals surface area contributed by atoms with E-state index in [1.807, 2.05) is 75.4 Å². The molecule has 0 spiro atoms. The second kappa shape index (κ2) is 15.7. The molecule has 45 heavy (non-hydrogen) atoms. The molecule has 0 aliphatic heterocycles. The van der Waals surface area contributed by atoms with E-state index < -0.39 is 28.5 Å². The number of carbonyl (C=O) groups is 2. The molecule has 0 saturated carbocycles. The number of hydrogen-bond donors (Lipinski definition) is 1. The number of sulfonamides is 1. The summed E-state index contributed by atoms with van der Waals surface area (Å²) >= 11 is 6.14. The predicted octanol–water partition coefficient (Wildman–Crippen LogP) is 6.71. The van der Waals surface area contributed by atoms with Crippen LogP contribution in [0.4, 0.5) is 5.69 Å². The van der Waals surface area contributed by atoms with Gasteiger partial charge >= 0.3 is 0 Å². The number of amides is 2. The van der Waals surface area contributed by atoms with E-state index in [1.54, 1.807) is 36.4 Å². The van der Waals surface area contributed by atoms with Gasteiger partial charge in [-0.25, -0.2) is 8.42 Å². The van der Waals surface area contributed by atoms with E-state index >= 15 is 0 Å². The van der Waals surface area contributed by atoms with Gasteiger partial charge in [0.2, 0.25) is 11.8 Å². The number of nitrogens with zero attached hydrogens (tertiary/aromatic N) is 2. The number of hydrogen-bond acceptors (Lipinski definition) is 4. The van der Waals surface area contributed by atoms with E-state index in [4.69, 9.17) is 11.6 Å². The molecule has 1 N–H and O–H groups in total. The second-order valence-corrected chi connectivity index (χ2v) is 13.5. The van der Waals surface area contributed by atoms with Crippen LogP contribution < -0.4 is 9.62 Å². The molecule has 0 radical (unpaired) electrons. The van der Waals surface area contributed by atoms with Crippen molar-refractivity contribution >= 4 is 39.1 Å². The summed E-state index contributed by atoms with van der Waals surface area (Å²) < 4.78 is 29.3. The summed E-state index contributed by atoms with van der Waals surface area (Å²) in [6.45, 7) is 5.98. The van der Waals surface area contributed by atoms with E-state index in [2.05, 4.69) is 5.32 Å². The van der Waals surface area contributed by atoms with Crippen LogP contribution in [-0.4, -0.2) is 44.3 Å². The lowest BCUT2D eigenvalue weighted by molar-refractivity contribution is -0.140. The number of halogens is 1. The number of unbranched alkanes of at least 4 members (excludes halogenated alkanes) is 1. The molecule has 0 saturated heterocycles. The minimum Gasteiger partial charge on any atom is -0.354 e. The summed E-state index contributed by atoms with van der Waals surface area (Å²) in [5, 5.41) is 3.44. The quantitative estimate of drug-likeness (QED) is 0.155. The van der Waals surface area contributed by atoms with Crippen molar-refractivity contribution in [1.29, 1.82) is 0 Å². The molecule has 4 rings (SSSR count). The van der Waals surface area contributed by atoms with Gasteiger partial charge < -0.3 is 10.2 Å². The highest BCUT2D eigenvalue weighted by atomic mass is 35.5. The van der Waals surface area contributed by atoms with E-state index in [0.29, 0.717) is 11.6 Å². The van der Waals surface area contributed by atoms with Crippen molar-refractivity contribution in [3.63, 3.8) is 0 Å². The van der Waals surface area contributed by atoms with Gasteiger partial charge in [0.15, 0.2) is 0 Å². The molecular weight excluding hydrogens is 606 g/mol. The smallest absolute Gasteiger partial charge is 0.264 e. The monoisotopic (exact) mass is 645 g/mol. The third-order valence-electron chi connectivity index (χ3n) is 7.58. The average molecular weight is 646 g/mol. The number of carbonyl (C=O) groups excluding carboxylic acids is 2. The molecule has 0 aliphatic carbocycles. The third kappa shape index (κ3) is 9.19. The van der Waals surface area contributed by atoms with Crippen molar-refractivity contribution in [1.82, 2.24) is 10.2 Å². The zero-order valence-corrected chi connectivity index (χ0v) is 27.5. The summed E-state index contributed by atoms with van der Waals surface area (Å²) in [5.41, 5.74) is 3.97. The second-order valence-electron chi connectivity index (χ2n) is 11.2. The van der Waals surface area contributed by atoms with Crippen LogP contribution in [0.25, 0.3) is 0 Å². The molecule has 0 bridgehead atoms. The number of nitrogens with one attached hydrogen (secondary N) is 1. The van der Waals surface area contributed by atoms with Crippen LogP contribution >= 0.6 is 11.6 Å². The topological polar surface area (TPSA) is 86.8 Å². The number of aryl methyl sites for hydroxylation is 2. The molecule has 9 heteroatoms. The van der Waals surface area contributed by atoms with Gasteiger partial charge in [-0.15, -0.1) is 0 Å². The fourth-order valence-electron chi connectivity index (χ4n) is 4.92. The zero-order valence-electron chi connectivity index (χ0n) is 25.9. The van der Waals surface area contributed by atoms with Gasteiger partial charge in [-0.1, -0.05) is 103 Å². The first kappa shape index (κ1) is 33.7. The van der Waals surface area contributed by atoms with Gasteiger partial charge in [0.1, 0.15) is 12.6 Å². The number of rotatable bonds is 14. The van der Waals surface area contributed by atoms with Crippen molar-refractivity contribution in [2.75, 3.05) is 17.4 Å². The largest absolute Gasteiger partial charge is 0.354 e. The van der Waals surface area contributed by atoms with Gasteiger partial charge in [0.05, 0.1) is 10.6 Å². The third-order valence-corrected chi connectivity index (χ3v) is 9.62. The van der Waals surface area contributed by atoms with Gasteiger partial charge in [0.25, 0.3) is 10.0 Å². The van der Waals surface area contributed by atoms with Gasteiger partial charge in [-0.2, -0.15) is 0 Å². The Morgan fingerprint density at radius 2 is 1.40 bits per heavy atom. The normalized spacial score (nSPS) is 11.9. The SMILES string of the molecule is CCCCNC(=O)[C@@H](Cc1ccccc1)N(Cc1ccc(C)cc1)C(=O)CN(c1ccc(Cl)cc1)S(=O)(=O)c1ccc(C)cc1. The fraction of sp³-hybridized carbons (Fsp3) is 0.278. The van der Waals surface area contributed by atoms with Crippen molar-refractivity contribution in [2.24, 2.45) is 0 Å². The van der Waals surface area contributed by atoms with Gasteiger partial charge in [-0.05, 0) is 67.8 Å². The Morgan fingerprint density at radius 3 is 2.00 bits per heavy atom. The zero-order chi connectivity index (χ0) is 32.4. The average Bonchev–Trinajstić information content (AvgIpc) is 3.03. The van der Waals surface area contributed by atoms with Crippen molar-refractivity contribution in [3.8, 4) is 0 Å². The van der Waals surface area contributed by atoms with E-state index in [0.717, 1.165) is 39.4 Å². The van der Waals surface area contributed by atoms with Crippen LogP contribution in [0, 0.1) is 13.8 Å². The summed E-state index contributed by atoms with van der Waals surface area (Å²) in [6.07, 6.45) is 1.97. The van der Waals surface area contributed by atoms with Crippen molar-refractivity contribution in [3.05, 3.63) is 130 Å². The lowest BCUT2D eigenvalue weighted by Crippen LogP contribution is -2.53. The number of benzene rings is 4. The van der Waals surface area contributed by atoms with Crippen LogP contribution in [0.15, 0.2) is 108 Å². The summed E-state index contributed by atoms with van der Waals surface area (Å²) in [4.78, 5) is 29.8. The summed E-state index contributed by atoms with van der Waals surface area (Å²) in [7, 11) is -4.17. The summed E-state index contributed by atoms with van der Waals surface area (Å²) in [6, 6.07) is 29.2. The predicted molar refractivity (Wildman–Crippen MR) is 181 cm³/mol. The lowest BCUT2D eigenvalue weighted by atomic mass is 10.0. The summed E-state index contributed by atoms with van der Waals surface area (Å²) in [5.74, 6) is -0.792. The Hall–Kier alpha value is -4.14.